The van der Waals surface area contributed by atoms with Gasteiger partial charge in [0, 0.05) is 6.54 Å². The van der Waals surface area contributed by atoms with Crippen molar-refractivity contribution in [1.82, 2.24) is 9.78 Å². The molecular weight excluding hydrogens is 244 g/mol. The minimum absolute atomic E-state index is 0.152. The first-order chi connectivity index (χ1) is 8.24. The molecule has 17 heavy (non-hydrogen) atoms. The summed E-state index contributed by atoms with van der Waals surface area (Å²) in [7, 11) is 0. The average Bonchev–Trinajstić information content (AvgIpc) is 2.71. The number of rotatable bonds is 4. The Balaban J connectivity index is 2.19. The van der Waals surface area contributed by atoms with Gasteiger partial charge in [0.25, 0.3) is 0 Å². The van der Waals surface area contributed by atoms with Gasteiger partial charge in [0.15, 0.2) is 0 Å². The zero-order valence-corrected chi connectivity index (χ0v) is 10.4. The van der Waals surface area contributed by atoms with Crippen LogP contribution < -0.4 is 0 Å². The van der Waals surface area contributed by atoms with E-state index in [0.717, 1.165) is 6.42 Å². The highest BCUT2D eigenvalue weighted by atomic mass is 35.5. The Morgan fingerprint density at radius 3 is 3.12 bits per heavy atom. The van der Waals surface area contributed by atoms with Gasteiger partial charge in [0.2, 0.25) is 5.78 Å². The smallest absolute Gasteiger partial charge is 0.213 e. The largest absolute Gasteiger partial charge is 0.376 e. The van der Waals surface area contributed by atoms with Gasteiger partial charge in [-0.2, -0.15) is 5.10 Å². The number of hydrogen-bond donors (Lipinski definition) is 0. The van der Waals surface area contributed by atoms with Crippen LogP contribution in [-0.2, 0) is 16.0 Å². The van der Waals surface area contributed by atoms with E-state index < -0.39 is 6.10 Å². The van der Waals surface area contributed by atoms with Crippen LogP contribution in [0.1, 0.15) is 23.8 Å². The molecule has 0 N–H and O–H groups in total. The highest BCUT2D eigenvalue weighted by Crippen LogP contribution is 2.19. The molecule has 0 amide bonds. The Labute approximate surface area is 105 Å². The Bertz CT molecular complexity index is 399. The van der Waals surface area contributed by atoms with E-state index in [1.807, 2.05) is 6.92 Å². The second kappa shape index (κ2) is 5.62. The van der Waals surface area contributed by atoms with Crippen LogP contribution in [0.25, 0.3) is 0 Å². The molecule has 1 aromatic rings. The van der Waals surface area contributed by atoms with E-state index in [-0.39, 0.29) is 12.4 Å². The van der Waals surface area contributed by atoms with Gasteiger partial charge in [-0.15, -0.1) is 0 Å². The molecule has 0 aliphatic carbocycles. The lowest BCUT2D eigenvalue weighted by Gasteiger charge is -2.22. The van der Waals surface area contributed by atoms with Crippen LogP contribution in [0.15, 0.2) is 6.20 Å². The SMILES string of the molecule is CCCn1ncc(Cl)c1C(=O)C1COCCO1. The van der Waals surface area contributed by atoms with Crippen molar-refractivity contribution in [2.24, 2.45) is 0 Å². The van der Waals surface area contributed by atoms with E-state index in [0.29, 0.717) is 30.5 Å². The Morgan fingerprint density at radius 1 is 1.65 bits per heavy atom. The molecule has 94 valence electrons. The summed E-state index contributed by atoms with van der Waals surface area (Å²) in [5, 5.41) is 4.46. The molecule has 6 heteroatoms. The summed E-state index contributed by atoms with van der Waals surface area (Å²) in [5.74, 6) is -0.152. The fourth-order valence-electron chi connectivity index (χ4n) is 1.78. The van der Waals surface area contributed by atoms with Gasteiger partial charge in [-0.1, -0.05) is 18.5 Å². The number of Topliss-reactive ketones (excluding diaryl/α,β-unsaturated/α-hetero) is 1. The maximum atomic E-state index is 12.2. The maximum absolute atomic E-state index is 12.2. The third kappa shape index (κ3) is 2.68. The zero-order valence-electron chi connectivity index (χ0n) is 9.69. The van der Waals surface area contributed by atoms with Crippen LogP contribution in [0.3, 0.4) is 0 Å². The molecule has 0 radical (unpaired) electrons. The summed E-state index contributed by atoms with van der Waals surface area (Å²) >= 11 is 5.99. The second-order valence-corrected chi connectivity index (χ2v) is 4.27. The van der Waals surface area contributed by atoms with Crippen molar-refractivity contribution in [3.63, 3.8) is 0 Å². The Morgan fingerprint density at radius 2 is 2.47 bits per heavy atom. The van der Waals surface area contributed by atoms with Crippen LogP contribution in [0.4, 0.5) is 0 Å². The molecule has 2 rings (SSSR count). The highest BCUT2D eigenvalue weighted by Gasteiger charge is 2.28. The third-order valence-corrected chi connectivity index (χ3v) is 2.85. The normalized spacial score (nSPS) is 20.5. The molecule has 0 bridgehead atoms. The van der Waals surface area contributed by atoms with Crippen molar-refractivity contribution in [2.45, 2.75) is 26.0 Å². The van der Waals surface area contributed by atoms with Gasteiger partial charge in [-0.05, 0) is 6.42 Å². The Hall–Kier alpha value is -0.910. The molecule has 1 aliphatic rings. The molecule has 0 aromatic carbocycles. The van der Waals surface area contributed by atoms with E-state index in [2.05, 4.69) is 5.10 Å². The van der Waals surface area contributed by atoms with Crippen LogP contribution in [-0.4, -0.2) is 41.5 Å². The summed E-state index contributed by atoms with van der Waals surface area (Å²) in [5.41, 5.74) is 0.420. The summed E-state index contributed by atoms with van der Waals surface area (Å²) < 4.78 is 12.2. The molecule has 1 aromatic heterocycles. The van der Waals surface area contributed by atoms with Crippen molar-refractivity contribution < 1.29 is 14.3 Å². The lowest BCUT2D eigenvalue weighted by Crippen LogP contribution is -2.36. The van der Waals surface area contributed by atoms with Crippen LogP contribution in [0, 0.1) is 0 Å². The van der Waals surface area contributed by atoms with Crippen molar-refractivity contribution in [3.05, 3.63) is 16.9 Å². The van der Waals surface area contributed by atoms with Gasteiger partial charge in [0.1, 0.15) is 11.8 Å². The monoisotopic (exact) mass is 258 g/mol. The number of hydrogen-bond acceptors (Lipinski definition) is 4. The number of carbonyl (C=O) groups is 1. The molecule has 1 atom stereocenters. The highest BCUT2D eigenvalue weighted by molar-refractivity contribution is 6.33. The van der Waals surface area contributed by atoms with E-state index in [1.165, 1.54) is 6.20 Å². The number of aryl methyl sites for hydroxylation is 1. The predicted molar refractivity (Wildman–Crippen MR) is 62.4 cm³/mol. The minimum Gasteiger partial charge on any atom is -0.376 e. The van der Waals surface area contributed by atoms with Gasteiger partial charge in [-0.3, -0.25) is 9.48 Å². The molecule has 5 nitrogen and oxygen atoms in total. The molecule has 1 fully saturated rings. The molecule has 1 unspecified atom stereocenters. The molecule has 2 heterocycles. The van der Waals surface area contributed by atoms with Gasteiger partial charge in [0.05, 0.1) is 31.0 Å². The lowest BCUT2D eigenvalue weighted by atomic mass is 10.1. The van der Waals surface area contributed by atoms with E-state index in [1.54, 1.807) is 4.68 Å². The zero-order chi connectivity index (χ0) is 12.3. The van der Waals surface area contributed by atoms with E-state index in [9.17, 15) is 4.79 Å². The number of ether oxygens (including phenoxy) is 2. The van der Waals surface area contributed by atoms with Crippen molar-refractivity contribution in [3.8, 4) is 0 Å². The van der Waals surface area contributed by atoms with Crippen LogP contribution in [0.5, 0.6) is 0 Å². The number of aromatic nitrogens is 2. The first-order valence-electron chi connectivity index (χ1n) is 5.69. The maximum Gasteiger partial charge on any atom is 0.213 e. The standard InChI is InChI=1S/C11H15ClN2O3/c1-2-3-14-10(8(12)6-13-14)11(15)9-7-16-4-5-17-9/h6,9H,2-5,7H2,1H3. The van der Waals surface area contributed by atoms with Crippen LogP contribution >= 0.6 is 11.6 Å². The lowest BCUT2D eigenvalue weighted by molar-refractivity contribution is -0.0722. The fourth-order valence-corrected chi connectivity index (χ4v) is 2.01. The van der Waals surface area contributed by atoms with Crippen molar-refractivity contribution in [2.75, 3.05) is 19.8 Å². The second-order valence-electron chi connectivity index (χ2n) is 3.86. The molecule has 0 spiro atoms. The van der Waals surface area contributed by atoms with Gasteiger partial charge < -0.3 is 9.47 Å². The third-order valence-electron chi connectivity index (χ3n) is 2.57. The Kier molecular flexibility index (Phi) is 4.15. The van der Waals surface area contributed by atoms with Gasteiger partial charge in [-0.25, -0.2) is 0 Å². The molecule has 0 saturated carbocycles. The molecular formula is C11H15ClN2O3. The topological polar surface area (TPSA) is 53.4 Å². The number of ketones is 1. The minimum atomic E-state index is -0.562. The molecule has 1 saturated heterocycles. The first-order valence-corrected chi connectivity index (χ1v) is 6.06. The van der Waals surface area contributed by atoms with Gasteiger partial charge >= 0.3 is 0 Å². The molecule has 1 aliphatic heterocycles. The summed E-state index contributed by atoms with van der Waals surface area (Å²) in [6, 6.07) is 0. The van der Waals surface area contributed by atoms with Crippen LogP contribution in [0.2, 0.25) is 5.02 Å². The van der Waals surface area contributed by atoms with Crippen molar-refractivity contribution in [1.29, 1.82) is 0 Å². The summed E-state index contributed by atoms with van der Waals surface area (Å²) in [6.45, 7) is 3.94. The van der Waals surface area contributed by atoms with Crippen molar-refractivity contribution >= 4 is 17.4 Å². The quantitative estimate of drug-likeness (QED) is 0.769. The predicted octanol–water partition coefficient (Wildman–Crippen LogP) is 1.54. The summed E-state index contributed by atoms with van der Waals surface area (Å²) in [6.07, 6.45) is 1.82. The van der Waals surface area contributed by atoms with E-state index in [4.69, 9.17) is 21.1 Å². The first kappa shape index (κ1) is 12.5. The number of carbonyl (C=O) groups excluding carboxylic acids is 1. The number of halogens is 1. The van der Waals surface area contributed by atoms with E-state index >= 15 is 0 Å². The fraction of sp³-hybridized carbons (Fsp3) is 0.636. The summed E-state index contributed by atoms with van der Waals surface area (Å²) in [4.78, 5) is 12.2. The average molecular weight is 259 g/mol. The number of nitrogens with zero attached hydrogens (tertiary/aromatic N) is 2.